The molecule has 0 fully saturated rings. The molecule has 14 heavy (non-hydrogen) atoms. The van der Waals surface area contributed by atoms with Gasteiger partial charge in [-0.05, 0) is 32.4 Å². The van der Waals surface area contributed by atoms with Crippen LogP contribution in [0.1, 0.15) is 39.0 Å². The smallest absolute Gasteiger partial charge is 0.234 e. The Labute approximate surface area is 86.4 Å². The van der Waals surface area contributed by atoms with Gasteiger partial charge in [-0.3, -0.25) is 4.79 Å². The molecule has 4 nitrogen and oxygen atoms in total. The molecule has 84 valence electrons. The highest BCUT2D eigenvalue weighted by Crippen LogP contribution is 1.97. The first-order chi connectivity index (χ1) is 6.72. The summed E-state index contributed by atoms with van der Waals surface area (Å²) in [5, 5.41) is 3.16. The van der Waals surface area contributed by atoms with Gasteiger partial charge in [-0.15, -0.1) is 0 Å². The largest absolute Gasteiger partial charge is 0.368 e. The van der Waals surface area contributed by atoms with Gasteiger partial charge in [0.25, 0.3) is 0 Å². The molecule has 4 heteroatoms. The molecule has 0 aliphatic carbocycles. The third kappa shape index (κ3) is 6.86. The Balaban J connectivity index is 3.57. The Morgan fingerprint density at radius 3 is 2.57 bits per heavy atom. The second kappa shape index (κ2) is 8.97. The number of unbranched alkanes of at least 4 members (excludes halogenated alkanes) is 2. The third-order valence-electron chi connectivity index (χ3n) is 2.21. The minimum Gasteiger partial charge on any atom is -0.368 e. The second-order valence-electron chi connectivity index (χ2n) is 3.55. The third-order valence-corrected chi connectivity index (χ3v) is 2.21. The number of amides is 1. The van der Waals surface area contributed by atoms with Gasteiger partial charge in [0.05, 0.1) is 6.04 Å². The summed E-state index contributed by atoms with van der Waals surface area (Å²) in [5.74, 6) is -0.269. The summed E-state index contributed by atoms with van der Waals surface area (Å²) in [4.78, 5) is 11.0. The summed E-state index contributed by atoms with van der Waals surface area (Å²) in [6.07, 6.45) is 5.07. The van der Waals surface area contributed by atoms with Gasteiger partial charge >= 0.3 is 0 Å². The zero-order valence-corrected chi connectivity index (χ0v) is 9.09. The fraction of sp³-hybridized carbons (Fsp3) is 0.900. The van der Waals surface area contributed by atoms with Crippen molar-refractivity contribution in [1.82, 2.24) is 5.32 Å². The summed E-state index contributed by atoms with van der Waals surface area (Å²) in [6, 6.07) is -0.199. The molecule has 0 rings (SSSR count). The van der Waals surface area contributed by atoms with Crippen molar-refractivity contribution in [3.8, 4) is 0 Å². The van der Waals surface area contributed by atoms with Crippen LogP contribution in [-0.4, -0.2) is 25.0 Å². The number of carbonyl (C=O) groups is 1. The van der Waals surface area contributed by atoms with Crippen LogP contribution < -0.4 is 16.8 Å². The minimum atomic E-state index is -0.269. The van der Waals surface area contributed by atoms with Crippen LogP contribution in [0.5, 0.6) is 0 Å². The molecule has 0 radical (unpaired) electrons. The predicted molar refractivity (Wildman–Crippen MR) is 58.8 cm³/mol. The Morgan fingerprint density at radius 2 is 2.07 bits per heavy atom. The number of rotatable bonds is 9. The van der Waals surface area contributed by atoms with Gasteiger partial charge in [-0.1, -0.05) is 19.8 Å². The Hall–Kier alpha value is -0.610. The van der Waals surface area contributed by atoms with Crippen LogP contribution in [0, 0.1) is 0 Å². The number of hydrogen-bond donors (Lipinski definition) is 3. The van der Waals surface area contributed by atoms with Crippen molar-refractivity contribution >= 4 is 5.91 Å². The molecule has 1 unspecified atom stereocenters. The van der Waals surface area contributed by atoms with Crippen LogP contribution in [0.4, 0.5) is 0 Å². The van der Waals surface area contributed by atoms with Gasteiger partial charge in [-0.25, -0.2) is 0 Å². The molecule has 0 aliphatic rings. The van der Waals surface area contributed by atoms with E-state index in [1.807, 2.05) is 0 Å². The molecule has 0 aliphatic heterocycles. The van der Waals surface area contributed by atoms with Crippen LogP contribution in [-0.2, 0) is 4.79 Å². The van der Waals surface area contributed by atoms with Crippen molar-refractivity contribution in [2.75, 3.05) is 13.1 Å². The van der Waals surface area contributed by atoms with E-state index in [9.17, 15) is 4.79 Å². The second-order valence-corrected chi connectivity index (χ2v) is 3.55. The molecule has 0 aromatic rings. The fourth-order valence-electron chi connectivity index (χ4n) is 1.32. The molecule has 0 saturated carbocycles. The molecular weight excluding hydrogens is 178 g/mol. The quantitative estimate of drug-likeness (QED) is 0.471. The molecule has 1 amide bonds. The van der Waals surface area contributed by atoms with E-state index in [1.54, 1.807) is 0 Å². The summed E-state index contributed by atoms with van der Waals surface area (Å²) in [6.45, 7) is 3.63. The highest BCUT2D eigenvalue weighted by molar-refractivity contribution is 5.79. The van der Waals surface area contributed by atoms with Gasteiger partial charge in [0.1, 0.15) is 0 Å². The van der Waals surface area contributed by atoms with E-state index >= 15 is 0 Å². The van der Waals surface area contributed by atoms with Crippen LogP contribution in [0.15, 0.2) is 0 Å². The van der Waals surface area contributed by atoms with Crippen molar-refractivity contribution in [3.63, 3.8) is 0 Å². The lowest BCUT2D eigenvalue weighted by Crippen LogP contribution is -2.41. The molecule has 0 aromatic carbocycles. The van der Waals surface area contributed by atoms with E-state index in [2.05, 4.69) is 12.2 Å². The van der Waals surface area contributed by atoms with Gasteiger partial charge in [0, 0.05) is 0 Å². The number of carbonyl (C=O) groups excluding carboxylic acids is 1. The summed E-state index contributed by atoms with van der Waals surface area (Å²) in [5.41, 5.74) is 10.6. The Morgan fingerprint density at radius 1 is 1.36 bits per heavy atom. The molecular formula is C10H23N3O. The lowest BCUT2D eigenvalue weighted by Gasteiger charge is -2.14. The SMILES string of the molecule is CCCCCNC(CCCN)C(N)=O. The molecule has 0 saturated heterocycles. The van der Waals surface area contributed by atoms with Gasteiger partial charge < -0.3 is 16.8 Å². The van der Waals surface area contributed by atoms with E-state index in [4.69, 9.17) is 11.5 Å². The van der Waals surface area contributed by atoms with Crippen molar-refractivity contribution in [2.24, 2.45) is 11.5 Å². The summed E-state index contributed by atoms with van der Waals surface area (Å²) in [7, 11) is 0. The molecule has 1 atom stereocenters. The number of hydrogen-bond acceptors (Lipinski definition) is 3. The summed E-state index contributed by atoms with van der Waals surface area (Å²) >= 11 is 0. The maximum absolute atomic E-state index is 11.0. The van der Waals surface area contributed by atoms with Crippen molar-refractivity contribution < 1.29 is 4.79 Å². The van der Waals surface area contributed by atoms with Crippen LogP contribution in [0.2, 0.25) is 0 Å². The first-order valence-electron chi connectivity index (χ1n) is 5.45. The van der Waals surface area contributed by atoms with Gasteiger partial charge in [0.2, 0.25) is 5.91 Å². The first kappa shape index (κ1) is 13.4. The maximum atomic E-state index is 11.0. The number of nitrogens with one attached hydrogen (secondary N) is 1. The van der Waals surface area contributed by atoms with E-state index in [0.717, 1.165) is 25.8 Å². The maximum Gasteiger partial charge on any atom is 0.234 e. The minimum absolute atomic E-state index is 0.199. The highest BCUT2D eigenvalue weighted by atomic mass is 16.1. The topological polar surface area (TPSA) is 81.1 Å². The lowest BCUT2D eigenvalue weighted by molar-refractivity contribution is -0.120. The fourth-order valence-corrected chi connectivity index (χ4v) is 1.32. The first-order valence-corrected chi connectivity index (χ1v) is 5.45. The average Bonchev–Trinajstić information content (AvgIpc) is 2.16. The zero-order chi connectivity index (χ0) is 10.8. The van der Waals surface area contributed by atoms with Crippen molar-refractivity contribution in [3.05, 3.63) is 0 Å². The average molecular weight is 201 g/mol. The van der Waals surface area contributed by atoms with Crippen LogP contribution >= 0.6 is 0 Å². The van der Waals surface area contributed by atoms with Crippen molar-refractivity contribution in [1.29, 1.82) is 0 Å². The molecule has 0 bridgehead atoms. The van der Waals surface area contributed by atoms with E-state index in [0.29, 0.717) is 6.54 Å². The van der Waals surface area contributed by atoms with E-state index < -0.39 is 0 Å². The Bertz CT molecular complexity index is 150. The summed E-state index contributed by atoms with van der Waals surface area (Å²) < 4.78 is 0. The van der Waals surface area contributed by atoms with Crippen molar-refractivity contribution in [2.45, 2.75) is 45.1 Å². The molecule has 0 aromatic heterocycles. The Kier molecular flexibility index (Phi) is 8.57. The highest BCUT2D eigenvalue weighted by Gasteiger charge is 2.12. The number of nitrogens with two attached hydrogens (primary N) is 2. The van der Waals surface area contributed by atoms with Gasteiger partial charge in [0.15, 0.2) is 0 Å². The standard InChI is InChI=1S/C10H23N3O/c1-2-3-4-8-13-9(10(12)14)6-5-7-11/h9,13H,2-8,11H2,1H3,(H2,12,14). The lowest BCUT2D eigenvalue weighted by atomic mass is 10.1. The predicted octanol–water partition coefficient (Wildman–Crippen LogP) is 0.359. The van der Waals surface area contributed by atoms with E-state index in [1.165, 1.54) is 12.8 Å². The normalized spacial score (nSPS) is 12.7. The van der Waals surface area contributed by atoms with Gasteiger partial charge in [-0.2, -0.15) is 0 Å². The zero-order valence-electron chi connectivity index (χ0n) is 9.09. The number of primary amides is 1. The molecule has 5 N–H and O–H groups in total. The monoisotopic (exact) mass is 201 g/mol. The molecule has 0 heterocycles. The van der Waals surface area contributed by atoms with E-state index in [-0.39, 0.29) is 11.9 Å². The molecule has 0 spiro atoms. The van der Waals surface area contributed by atoms with Crippen LogP contribution in [0.25, 0.3) is 0 Å². The van der Waals surface area contributed by atoms with Crippen LogP contribution in [0.3, 0.4) is 0 Å².